The maximum atomic E-state index is 7.13. The van der Waals surface area contributed by atoms with Gasteiger partial charge in [-0.3, -0.25) is 0 Å². The molecule has 0 rings (SSSR count). The summed E-state index contributed by atoms with van der Waals surface area (Å²) < 4.78 is 0. The van der Waals surface area contributed by atoms with Crippen molar-refractivity contribution < 1.29 is 479 Å². The summed E-state index contributed by atoms with van der Waals surface area (Å²) >= 11 is 59.2. The molecule has 0 fully saturated rings. The van der Waals surface area contributed by atoms with Crippen LogP contribution < -0.4 is 236 Å². The van der Waals surface area contributed by atoms with Crippen LogP contribution in [0.4, 0.5) is 0 Å². The zero-order valence-electron chi connectivity index (χ0n) is 45.5. The molecule has 0 amide bonds. The van der Waals surface area contributed by atoms with Gasteiger partial charge in [-0.2, -0.15) is 82.6 Å². The molecule has 0 saturated heterocycles. The van der Waals surface area contributed by atoms with Gasteiger partial charge >= 0.3 is 304 Å². The number of hydrogen-bond acceptors (Lipinski definition) is 44. The zero-order valence-corrected chi connectivity index (χ0v) is 78.8. The predicted octanol–water partition coefficient (Wildman–Crippen LogP) is -21.7. The van der Waals surface area contributed by atoms with Gasteiger partial charge in [0, 0.05) is 0 Å². The van der Waals surface area contributed by atoms with Gasteiger partial charge < -0.3 is 262 Å². The predicted molar refractivity (Wildman–Crippen MR) is 324 cm³/mol. The van der Waals surface area contributed by atoms with Gasteiger partial charge in [-0.1, -0.05) is 195 Å². The van der Waals surface area contributed by atoms with Crippen molar-refractivity contribution in [2.24, 2.45) is 0 Å². The van der Waals surface area contributed by atoms with E-state index in [0.717, 1.165) is 0 Å². The first kappa shape index (κ1) is 645. The van der Waals surface area contributed by atoms with Crippen LogP contribution in [0.15, 0.2) is 0 Å². The van der Waals surface area contributed by atoms with Gasteiger partial charge in [-0.15, -0.1) is 0 Å². The van der Waals surface area contributed by atoms with E-state index in [4.69, 9.17) is 86.5 Å². The van der Waals surface area contributed by atoms with E-state index in [2.05, 4.69) is 195 Å². The first-order valence-electron chi connectivity index (χ1n) is 6.84. The molecule has 0 aromatic heterocycles. The largest absolute Gasteiger partial charge is 2.00 e. The first-order chi connectivity index (χ1) is 22.6. The Hall–Kier alpha value is 5.55. The second-order valence-electron chi connectivity index (χ2n) is 1.46. The average Bonchev–Trinajstić information content (AvgIpc) is 2.96. The maximum absolute atomic E-state index is 7.13. The van der Waals surface area contributed by atoms with Gasteiger partial charge in [0.15, 0.2) is 0 Å². The number of rotatable bonds is 0. The fraction of sp³-hybridized carbons (Fsp3) is 0. The minimum absolute atomic E-state index is 0. The number of isothiocyanates is 16. The molecule has 0 atom stereocenters. The molecule has 0 aliphatic rings. The van der Waals surface area contributed by atoms with Crippen LogP contribution in [-0.2, 0) is 67.1 Å². The third kappa shape index (κ3) is 27800. The van der Waals surface area contributed by atoms with Crippen LogP contribution in [0.3, 0.4) is 0 Å². The van der Waals surface area contributed by atoms with Crippen LogP contribution in [0.1, 0.15) is 0 Å². The monoisotopic (exact) mass is 1900 g/mol. The summed E-state index contributed by atoms with van der Waals surface area (Å²) in [6, 6.07) is 0. The van der Waals surface area contributed by atoms with Crippen molar-refractivity contribution in [2.45, 2.75) is 0 Å². The first-order valence-corrected chi connectivity index (χ1v) is 13.4. The molecule has 0 aliphatic carbocycles. The third-order valence-electron chi connectivity index (χ3n) is 0. The molecule has 0 heterocycles. The topological polar surface area (TPSA) is 1320 Å². The van der Waals surface area contributed by atoms with E-state index in [0.29, 0.717) is 0 Å². The van der Waals surface area contributed by atoms with Crippen molar-refractivity contribution in [3.05, 3.63) is 86.5 Å². The summed E-state index contributed by atoms with van der Waals surface area (Å²) in [5.74, 6) is 0. The van der Waals surface area contributed by atoms with Gasteiger partial charge in [0.1, 0.15) is 0 Å². The second kappa shape index (κ2) is 1900. The molecule has 0 aromatic carbocycles. The van der Waals surface area contributed by atoms with E-state index in [9.17, 15) is 0 Å². The van der Waals surface area contributed by atoms with E-state index >= 15 is 0 Å². The van der Waals surface area contributed by atoms with Crippen LogP contribution in [0.2, 0.25) is 0 Å². The zero-order chi connectivity index (χ0) is 43.3. The van der Waals surface area contributed by atoms with Gasteiger partial charge in [0.25, 0.3) is 0 Å². The Morgan fingerprint density at radius 1 is 0.109 bits per heavy atom. The standard InChI is InChI=1S/16CNS.4Co.8Na.32H2O/c16*2-1-3;;;;;;;;;;;;;;;;;;;;;;;;;;;;;;;;;;;;;;;;;;;;/h;;;;;;;;;;;;;;;;;;;;;;;;;;;;32*1H2/q16*-1;4*+2;8*+1;;;;;;;;;;;;;;;;;;;;;;;;;;;;;;;;/p-28. The SMILES string of the molecule is O.O.O.O.[Co+2].[Co+2].[Co+2].[Co+2].[N-]=C=S.[N-]=C=S.[N-]=C=S.[N-]=C=S.[N-]=C=S.[N-]=C=S.[N-]=C=S.[N-]=C=S.[N-]=C=S.[N-]=C=S.[N-]=C=S.[N-]=C=S.[N-]=C=S.[N-]=C=S.[N-]=C=S.[N-]=C=S.[Na+].[Na+].[Na+].[Na+].[Na+].[Na+].[Na+].[Na+].[OH-].[OH-].[OH-].[OH-].[OH-].[OH-].[OH-].[OH-].[OH-].[OH-].[OH-].[OH-].[OH-].[OH-].[OH-].[OH-].[OH-].[OH-].[OH-].[OH-].[OH-].[OH-].[OH-].[OH-].[OH-].[OH-].[OH-].[OH-]. The minimum Gasteiger partial charge on any atom is -0.870 e. The van der Waals surface area contributed by atoms with Crippen LogP contribution in [0.25, 0.3) is 86.5 Å². The third-order valence-corrected chi connectivity index (χ3v) is 0. The summed E-state index contributed by atoms with van der Waals surface area (Å²) in [5.41, 5.74) is 0. The van der Waals surface area contributed by atoms with Crippen molar-refractivity contribution in [3.63, 3.8) is 0 Å². The average molecular weight is 1900 g/mol. The van der Waals surface area contributed by atoms with Gasteiger partial charge in [-0.25, -0.2) is 0 Å². The smallest absolute Gasteiger partial charge is 0.870 e. The van der Waals surface area contributed by atoms with Crippen LogP contribution in [0.5, 0.6) is 0 Å². The van der Waals surface area contributed by atoms with E-state index in [1.54, 1.807) is 0 Å². The molecular weight excluding hydrogens is 1860 g/mol. The Morgan fingerprint density at radius 3 is 0.109 bits per heavy atom. The molecule has 0 spiro atoms. The van der Waals surface area contributed by atoms with Crippen molar-refractivity contribution in [2.75, 3.05) is 0 Å². The molecule has 36 N–H and O–H groups in total. The fourth-order valence-electron chi connectivity index (χ4n) is 0. The molecule has 0 unspecified atom stereocenters. The summed E-state index contributed by atoms with van der Waals surface area (Å²) in [5, 5.41) is 135. The van der Waals surface area contributed by atoms with E-state index in [-0.39, 0.29) is 479 Å². The summed E-state index contributed by atoms with van der Waals surface area (Å²) in [7, 11) is 0. The molecule has 0 saturated carbocycles. The molecule has 540 valence electrons. The molecule has 92 heavy (non-hydrogen) atoms. The summed E-state index contributed by atoms with van der Waals surface area (Å²) in [4.78, 5) is 0. The van der Waals surface area contributed by atoms with Gasteiger partial charge in [-0.05, 0) is 0 Å². The van der Waals surface area contributed by atoms with Crippen molar-refractivity contribution in [3.8, 4) is 0 Å². The molecule has 0 bridgehead atoms. The maximum Gasteiger partial charge on any atom is 2.00 e. The second-order valence-corrected chi connectivity index (χ2v) is 4.38. The molecule has 0 aromatic rings. The number of nitrogens with zero attached hydrogens (tertiary/aromatic N) is 16. The van der Waals surface area contributed by atoms with Gasteiger partial charge in [0.05, 0.1) is 0 Å². The summed E-state index contributed by atoms with van der Waals surface area (Å²) in [6.07, 6.45) is 0. The quantitative estimate of drug-likeness (QED) is 0.123. The molecule has 0 aliphatic heterocycles. The number of thiocarbonyl (C=S) groups is 16. The summed E-state index contributed by atoms with van der Waals surface area (Å²) in [6.45, 7) is 0. The molecule has 48 nitrogen and oxygen atoms in total. The Balaban J connectivity index is -0.00000000198. The van der Waals surface area contributed by atoms with Crippen molar-refractivity contribution in [1.82, 2.24) is 0 Å². The normalized spacial score (nSPS) is 1.39. The fourth-order valence-corrected chi connectivity index (χ4v) is 0. The van der Waals surface area contributed by atoms with Gasteiger partial charge in [0.2, 0.25) is 0 Å². The van der Waals surface area contributed by atoms with Crippen LogP contribution in [-0.4, -0.2) is 258 Å². The van der Waals surface area contributed by atoms with Crippen LogP contribution >= 0.6 is 195 Å². The molecule has 76 heteroatoms. The Bertz CT molecular complexity index is 936. The van der Waals surface area contributed by atoms with E-state index in [1.807, 2.05) is 0 Å². The van der Waals surface area contributed by atoms with E-state index in [1.165, 1.54) is 82.6 Å². The van der Waals surface area contributed by atoms with Crippen molar-refractivity contribution in [1.29, 1.82) is 0 Å². The number of hydrogen-bond donors (Lipinski definition) is 0. The Morgan fingerprint density at radius 2 is 0.109 bits per heavy atom. The van der Waals surface area contributed by atoms with Crippen LogP contribution in [0, 0.1) is 0 Å². The molecular formula is C16H36Co4N16Na8O32S16-28. The van der Waals surface area contributed by atoms with E-state index < -0.39 is 0 Å². The molecule has 4 radical (unpaired) electrons. The van der Waals surface area contributed by atoms with Crippen molar-refractivity contribution >= 4 is 278 Å². The Kier molecular flexibility index (Phi) is 13300. The Labute approximate surface area is 828 Å². The minimum atomic E-state index is 0.